The molecule has 1 unspecified atom stereocenters. The van der Waals surface area contributed by atoms with Crippen LogP contribution in [0.4, 0.5) is 0 Å². The highest BCUT2D eigenvalue weighted by molar-refractivity contribution is 5.95. The summed E-state index contributed by atoms with van der Waals surface area (Å²) in [6.07, 6.45) is 2.40. The molecule has 98 valence electrons. The number of carboxylic acids is 1. The van der Waals surface area contributed by atoms with Crippen molar-refractivity contribution in [3.8, 4) is 0 Å². The van der Waals surface area contributed by atoms with Crippen molar-refractivity contribution in [1.82, 2.24) is 4.90 Å². The van der Waals surface area contributed by atoms with E-state index in [-0.39, 0.29) is 23.8 Å². The molecule has 1 amide bonds. The standard InChI is InChI=1S/C12H15NO5/c1-12(17)3-2-4-13(7-12)10(14)9-5-8(6-18-9)11(15)16/h5-6,17H,2-4,7H2,1H3,(H,15,16). The van der Waals surface area contributed by atoms with Crippen molar-refractivity contribution in [2.24, 2.45) is 0 Å². The SMILES string of the molecule is CC1(O)CCCN(C(=O)c2cc(C(=O)O)co2)C1. The zero-order valence-corrected chi connectivity index (χ0v) is 10.0. The summed E-state index contributed by atoms with van der Waals surface area (Å²) in [5, 5.41) is 18.7. The van der Waals surface area contributed by atoms with E-state index in [1.165, 1.54) is 11.0 Å². The van der Waals surface area contributed by atoms with Gasteiger partial charge >= 0.3 is 5.97 Å². The lowest BCUT2D eigenvalue weighted by Crippen LogP contribution is -2.48. The molecule has 0 saturated carbocycles. The fourth-order valence-corrected chi connectivity index (χ4v) is 2.11. The summed E-state index contributed by atoms with van der Waals surface area (Å²) in [5.41, 5.74) is -0.946. The van der Waals surface area contributed by atoms with E-state index in [1.807, 2.05) is 0 Å². The number of likely N-dealkylation sites (tertiary alicyclic amines) is 1. The van der Waals surface area contributed by atoms with Gasteiger partial charge in [-0.05, 0) is 19.8 Å². The quantitative estimate of drug-likeness (QED) is 0.819. The maximum atomic E-state index is 12.1. The van der Waals surface area contributed by atoms with E-state index < -0.39 is 11.6 Å². The number of rotatable bonds is 2. The van der Waals surface area contributed by atoms with Gasteiger partial charge in [0.1, 0.15) is 6.26 Å². The van der Waals surface area contributed by atoms with Crippen LogP contribution in [-0.4, -0.2) is 45.7 Å². The molecule has 2 N–H and O–H groups in total. The van der Waals surface area contributed by atoms with Crippen LogP contribution in [0.15, 0.2) is 16.7 Å². The van der Waals surface area contributed by atoms with Gasteiger partial charge in [0.05, 0.1) is 11.2 Å². The third kappa shape index (κ3) is 2.53. The first-order valence-electron chi connectivity index (χ1n) is 5.72. The smallest absolute Gasteiger partial charge is 0.338 e. The zero-order valence-electron chi connectivity index (χ0n) is 10.0. The number of hydrogen-bond donors (Lipinski definition) is 2. The summed E-state index contributed by atoms with van der Waals surface area (Å²) in [6.45, 7) is 2.45. The number of carbonyl (C=O) groups excluding carboxylic acids is 1. The van der Waals surface area contributed by atoms with Gasteiger partial charge in [-0.15, -0.1) is 0 Å². The van der Waals surface area contributed by atoms with Crippen LogP contribution in [0.1, 0.15) is 40.7 Å². The van der Waals surface area contributed by atoms with E-state index in [1.54, 1.807) is 6.92 Å². The Kier molecular flexibility index (Phi) is 3.13. The van der Waals surface area contributed by atoms with Crippen LogP contribution in [-0.2, 0) is 0 Å². The molecule has 0 aliphatic carbocycles. The normalized spacial score (nSPS) is 24.0. The second-order valence-corrected chi connectivity index (χ2v) is 4.83. The molecule has 1 aliphatic heterocycles. The van der Waals surface area contributed by atoms with Gasteiger partial charge in [0.2, 0.25) is 0 Å². The van der Waals surface area contributed by atoms with Gasteiger partial charge in [0, 0.05) is 19.2 Å². The van der Waals surface area contributed by atoms with Crippen molar-refractivity contribution >= 4 is 11.9 Å². The van der Waals surface area contributed by atoms with Crippen LogP contribution in [0.5, 0.6) is 0 Å². The van der Waals surface area contributed by atoms with Gasteiger partial charge in [0.25, 0.3) is 5.91 Å². The monoisotopic (exact) mass is 253 g/mol. The molecule has 0 bridgehead atoms. The number of nitrogens with zero attached hydrogens (tertiary/aromatic N) is 1. The third-order valence-electron chi connectivity index (χ3n) is 3.02. The number of amides is 1. The van der Waals surface area contributed by atoms with Crippen LogP contribution >= 0.6 is 0 Å². The lowest BCUT2D eigenvalue weighted by atomic mass is 9.95. The van der Waals surface area contributed by atoms with Crippen molar-refractivity contribution in [3.05, 3.63) is 23.7 Å². The van der Waals surface area contributed by atoms with Crippen molar-refractivity contribution in [3.63, 3.8) is 0 Å². The predicted molar refractivity (Wildman–Crippen MR) is 61.4 cm³/mol. The first-order chi connectivity index (χ1) is 8.39. The average Bonchev–Trinajstić information content (AvgIpc) is 2.76. The van der Waals surface area contributed by atoms with Gasteiger partial charge in [-0.25, -0.2) is 4.79 Å². The third-order valence-corrected chi connectivity index (χ3v) is 3.02. The van der Waals surface area contributed by atoms with E-state index in [0.29, 0.717) is 19.4 Å². The second-order valence-electron chi connectivity index (χ2n) is 4.83. The number of aromatic carboxylic acids is 1. The number of carboxylic acid groups (broad SMARTS) is 1. The summed E-state index contributed by atoms with van der Waals surface area (Å²) >= 11 is 0. The van der Waals surface area contributed by atoms with Gasteiger partial charge < -0.3 is 19.5 Å². The first-order valence-corrected chi connectivity index (χ1v) is 5.72. The van der Waals surface area contributed by atoms with Crippen LogP contribution in [0.2, 0.25) is 0 Å². The molecule has 2 heterocycles. The molecule has 6 nitrogen and oxygen atoms in total. The van der Waals surface area contributed by atoms with Crippen molar-refractivity contribution in [1.29, 1.82) is 0 Å². The van der Waals surface area contributed by atoms with E-state index in [2.05, 4.69) is 0 Å². The summed E-state index contributed by atoms with van der Waals surface area (Å²) < 4.78 is 4.96. The summed E-state index contributed by atoms with van der Waals surface area (Å²) in [6, 6.07) is 1.20. The molecule has 1 fully saturated rings. The summed E-state index contributed by atoms with van der Waals surface area (Å²) in [5.74, 6) is -1.53. The lowest BCUT2D eigenvalue weighted by Gasteiger charge is -2.36. The number of piperidine rings is 1. The molecule has 1 saturated heterocycles. The molecular weight excluding hydrogens is 238 g/mol. The van der Waals surface area contributed by atoms with Gasteiger partial charge in [-0.3, -0.25) is 4.79 Å². The highest BCUT2D eigenvalue weighted by Gasteiger charge is 2.32. The van der Waals surface area contributed by atoms with Crippen LogP contribution in [0.25, 0.3) is 0 Å². The maximum Gasteiger partial charge on any atom is 0.338 e. The van der Waals surface area contributed by atoms with E-state index >= 15 is 0 Å². The predicted octanol–water partition coefficient (Wildman–Crippen LogP) is 0.965. The van der Waals surface area contributed by atoms with Crippen LogP contribution < -0.4 is 0 Å². The minimum absolute atomic E-state index is 0.00917. The van der Waals surface area contributed by atoms with Crippen molar-refractivity contribution in [2.45, 2.75) is 25.4 Å². The summed E-state index contributed by atoms with van der Waals surface area (Å²) in [7, 11) is 0. The number of furan rings is 1. The minimum Gasteiger partial charge on any atom is -0.478 e. The first kappa shape index (κ1) is 12.6. The Hall–Kier alpha value is -1.82. The molecule has 1 aromatic heterocycles. The molecule has 1 atom stereocenters. The van der Waals surface area contributed by atoms with E-state index in [4.69, 9.17) is 9.52 Å². The largest absolute Gasteiger partial charge is 0.478 e. The molecule has 0 aromatic carbocycles. The van der Waals surface area contributed by atoms with Crippen LogP contribution in [0.3, 0.4) is 0 Å². The molecule has 0 spiro atoms. The molecule has 1 aliphatic rings. The topological polar surface area (TPSA) is 91.0 Å². The van der Waals surface area contributed by atoms with Crippen molar-refractivity contribution in [2.75, 3.05) is 13.1 Å². The molecular formula is C12H15NO5. The molecule has 0 radical (unpaired) electrons. The highest BCUT2D eigenvalue weighted by atomic mass is 16.4. The minimum atomic E-state index is -1.14. The molecule has 1 aromatic rings. The molecule has 18 heavy (non-hydrogen) atoms. The Bertz CT molecular complexity index is 477. The maximum absolute atomic E-state index is 12.1. The second kappa shape index (κ2) is 4.45. The average molecular weight is 253 g/mol. The Balaban J connectivity index is 2.13. The Labute approximate surface area is 104 Å². The highest BCUT2D eigenvalue weighted by Crippen LogP contribution is 2.22. The Morgan fingerprint density at radius 1 is 1.50 bits per heavy atom. The number of aliphatic hydroxyl groups is 1. The van der Waals surface area contributed by atoms with Gasteiger partial charge in [-0.2, -0.15) is 0 Å². The van der Waals surface area contributed by atoms with E-state index in [0.717, 1.165) is 6.26 Å². The fraction of sp³-hybridized carbons (Fsp3) is 0.500. The lowest BCUT2D eigenvalue weighted by molar-refractivity contribution is -0.0117. The van der Waals surface area contributed by atoms with Crippen molar-refractivity contribution < 1.29 is 24.2 Å². The molecule has 6 heteroatoms. The Morgan fingerprint density at radius 3 is 2.78 bits per heavy atom. The molecule has 2 rings (SSSR count). The number of hydrogen-bond acceptors (Lipinski definition) is 4. The summed E-state index contributed by atoms with van der Waals surface area (Å²) in [4.78, 5) is 24.2. The van der Waals surface area contributed by atoms with Gasteiger partial charge in [-0.1, -0.05) is 0 Å². The number of β-amino-alcohol motifs (C(OH)–C–C–N with tert-alkyl or cyclic N) is 1. The van der Waals surface area contributed by atoms with Gasteiger partial charge in [0.15, 0.2) is 5.76 Å². The number of carbonyl (C=O) groups is 2. The Morgan fingerprint density at radius 2 is 2.22 bits per heavy atom. The van der Waals surface area contributed by atoms with E-state index in [9.17, 15) is 14.7 Å². The zero-order chi connectivity index (χ0) is 13.3. The fourth-order valence-electron chi connectivity index (χ4n) is 2.11. The van der Waals surface area contributed by atoms with Crippen LogP contribution in [0, 0.1) is 0 Å².